The summed E-state index contributed by atoms with van der Waals surface area (Å²) in [7, 11) is 0. The maximum absolute atomic E-state index is 12.1. The third-order valence-corrected chi connectivity index (χ3v) is 2.97. The van der Waals surface area contributed by atoms with Crippen LogP contribution in [0.25, 0.3) is 0 Å². The number of nitrogens with two attached hydrogens (primary N) is 1. The Kier molecular flexibility index (Phi) is 2.11. The second-order valence-electron chi connectivity index (χ2n) is 4.16. The van der Waals surface area contributed by atoms with E-state index in [1.165, 1.54) is 0 Å². The first-order valence-corrected chi connectivity index (χ1v) is 5.40. The number of carbonyl (C=O) groups is 1. The van der Waals surface area contributed by atoms with Crippen molar-refractivity contribution in [3.63, 3.8) is 0 Å². The van der Waals surface area contributed by atoms with Crippen LogP contribution >= 0.6 is 0 Å². The van der Waals surface area contributed by atoms with Crippen LogP contribution in [0.5, 0.6) is 0 Å². The first kappa shape index (κ1) is 9.89. The topological polar surface area (TPSA) is 75.0 Å². The molecule has 0 spiro atoms. The van der Waals surface area contributed by atoms with Gasteiger partial charge in [-0.25, -0.2) is 0 Å². The Labute approximate surface area is 98.2 Å². The summed E-state index contributed by atoms with van der Waals surface area (Å²) in [6.07, 6.45) is 1.58. The van der Waals surface area contributed by atoms with Gasteiger partial charge in [-0.15, -0.1) is 0 Å². The molecule has 2 heterocycles. The Morgan fingerprint density at radius 3 is 2.88 bits per heavy atom. The van der Waals surface area contributed by atoms with Crippen molar-refractivity contribution in [2.45, 2.75) is 13.1 Å². The maximum atomic E-state index is 12.1. The molecule has 1 aliphatic heterocycles. The predicted molar refractivity (Wildman–Crippen MR) is 63.0 cm³/mol. The quantitative estimate of drug-likeness (QED) is 0.719. The number of carbonyl (C=O) groups excluding carboxylic acids is 1. The number of nitrogens with zero attached hydrogens (tertiary/aromatic N) is 2. The summed E-state index contributed by atoms with van der Waals surface area (Å²) in [6.45, 7) is 1.24. The van der Waals surface area contributed by atoms with E-state index >= 15 is 0 Å². The molecule has 17 heavy (non-hydrogen) atoms. The number of benzene rings is 1. The highest BCUT2D eigenvalue weighted by Gasteiger charge is 2.24. The molecule has 1 aliphatic rings. The van der Waals surface area contributed by atoms with Crippen LogP contribution in [0.2, 0.25) is 0 Å². The van der Waals surface area contributed by atoms with Gasteiger partial charge in [0.25, 0.3) is 5.91 Å². The second-order valence-corrected chi connectivity index (χ2v) is 4.16. The third-order valence-electron chi connectivity index (χ3n) is 2.97. The number of aromatic amines is 1. The first-order valence-electron chi connectivity index (χ1n) is 5.40. The summed E-state index contributed by atoms with van der Waals surface area (Å²) < 4.78 is 0. The van der Waals surface area contributed by atoms with E-state index < -0.39 is 0 Å². The van der Waals surface area contributed by atoms with Crippen LogP contribution in [-0.2, 0) is 13.1 Å². The second kappa shape index (κ2) is 3.62. The molecule has 0 radical (unpaired) electrons. The Balaban J connectivity index is 1.85. The van der Waals surface area contributed by atoms with Gasteiger partial charge in [0.1, 0.15) is 5.69 Å². The predicted octanol–water partition coefficient (Wildman–Crippen LogP) is 1.15. The zero-order chi connectivity index (χ0) is 11.8. The monoisotopic (exact) mass is 228 g/mol. The smallest absolute Gasteiger partial charge is 0.272 e. The molecular weight excluding hydrogens is 216 g/mol. The lowest BCUT2D eigenvalue weighted by Crippen LogP contribution is -2.25. The summed E-state index contributed by atoms with van der Waals surface area (Å²) >= 11 is 0. The van der Waals surface area contributed by atoms with Crippen molar-refractivity contribution in [3.8, 4) is 0 Å². The van der Waals surface area contributed by atoms with E-state index in [-0.39, 0.29) is 5.91 Å². The molecule has 3 N–H and O–H groups in total. The Bertz CT molecular complexity index is 562. The summed E-state index contributed by atoms with van der Waals surface area (Å²) in [5.41, 5.74) is 9.26. The van der Waals surface area contributed by atoms with E-state index in [1.54, 1.807) is 17.2 Å². The minimum atomic E-state index is -0.0303. The number of hydrogen-bond donors (Lipinski definition) is 2. The number of rotatable bonds is 1. The molecule has 1 aromatic carbocycles. The zero-order valence-electron chi connectivity index (χ0n) is 9.18. The van der Waals surface area contributed by atoms with Crippen LogP contribution in [-0.4, -0.2) is 21.0 Å². The highest BCUT2D eigenvalue weighted by atomic mass is 16.2. The van der Waals surface area contributed by atoms with Crippen LogP contribution in [0.15, 0.2) is 30.5 Å². The number of H-pyrrole nitrogens is 1. The van der Waals surface area contributed by atoms with Crippen LogP contribution in [0.4, 0.5) is 5.69 Å². The molecule has 0 saturated heterocycles. The molecular formula is C12H12N4O. The average Bonchev–Trinajstić information content (AvgIpc) is 2.96. The molecule has 1 amide bonds. The highest BCUT2D eigenvalue weighted by molar-refractivity contribution is 5.92. The van der Waals surface area contributed by atoms with Gasteiger partial charge in [-0.1, -0.05) is 6.07 Å². The van der Waals surface area contributed by atoms with E-state index in [0.29, 0.717) is 18.8 Å². The fourth-order valence-corrected chi connectivity index (χ4v) is 2.10. The summed E-state index contributed by atoms with van der Waals surface area (Å²) in [4.78, 5) is 13.9. The number of anilines is 1. The average molecular weight is 228 g/mol. The molecule has 0 fully saturated rings. The van der Waals surface area contributed by atoms with Gasteiger partial charge in [-0.3, -0.25) is 9.89 Å². The number of nitrogen functional groups attached to an aromatic ring is 1. The van der Waals surface area contributed by atoms with Crippen molar-refractivity contribution in [1.82, 2.24) is 15.1 Å². The van der Waals surface area contributed by atoms with E-state index in [4.69, 9.17) is 5.73 Å². The van der Waals surface area contributed by atoms with Crippen molar-refractivity contribution < 1.29 is 4.79 Å². The van der Waals surface area contributed by atoms with Crippen LogP contribution in [0, 0.1) is 0 Å². The fourth-order valence-electron chi connectivity index (χ4n) is 2.10. The van der Waals surface area contributed by atoms with E-state index in [9.17, 15) is 4.79 Å². The van der Waals surface area contributed by atoms with Crippen molar-refractivity contribution >= 4 is 11.6 Å². The van der Waals surface area contributed by atoms with Gasteiger partial charge in [-0.2, -0.15) is 5.10 Å². The molecule has 0 unspecified atom stereocenters. The fraction of sp³-hybridized carbons (Fsp3) is 0.167. The largest absolute Gasteiger partial charge is 0.399 e. The lowest BCUT2D eigenvalue weighted by Gasteiger charge is -2.13. The standard InChI is InChI=1S/C12H12N4O/c13-10-2-1-8-6-16(7-9(8)5-10)12(17)11-3-4-14-15-11/h1-5H,6-7,13H2,(H,14,15). The van der Waals surface area contributed by atoms with Gasteiger partial charge in [0.15, 0.2) is 0 Å². The van der Waals surface area contributed by atoms with Crippen molar-refractivity contribution in [2.75, 3.05) is 5.73 Å². The number of nitrogens with one attached hydrogen (secondary N) is 1. The summed E-state index contributed by atoms with van der Waals surface area (Å²) in [6, 6.07) is 7.45. The van der Waals surface area contributed by atoms with Gasteiger partial charge < -0.3 is 10.6 Å². The number of fused-ring (bicyclic) bond motifs is 1. The SMILES string of the molecule is Nc1ccc2c(c1)CN(C(=O)c1ccn[nH]1)C2. The van der Waals surface area contributed by atoms with Gasteiger partial charge >= 0.3 is 0 Å². The third kappa shape index (κ3) is 1.65. The van der Waals surface area contributed by atoms with E-state index in [1.807, 2.05) is 18.2 Å². The zero-order valence-corrected chi connectivity index (χ0v) is 9.18. The molecule has 1 aromatic heterocycles. The van der Waals surface area contributed by atoms with Gasteiger partial charge in [0, 0.05) is 25.0 Å². The van der Waals surface area contributed by atoms with E-state index in [0.717, 1.165) is 16.8 Å². The maximum Gasteiger partial charge on any atom is 0.272 e. The molecule has 5 heteroatoms. The van der Waals surface area contributed by atoms with Crippen molar-refractivity contribution in [3.05, 3.63) is 47.3 Å². The molecule has 0 bridgehead atoms. The highest BCUT2D eigenvalue weighted by Crippen LogP contribution is 2.25. The minimum absolute atomic E-state index is 0.0303. The van der Waals surface area contributed by atoms with Crippen molar-refractivity contribution in [1.29, 1.82) is 0 Å². The first-order chi connectivity index (χ1) is 8.24. The van der Waals surface area contributed by atoms with E-state index in [2.05, 4.69) is 10.2 Å². The molecule has 5 nitrogen and oxygen atoms in total. The Morgan fingerprint density at radius 2 is 2.12 bits per heavy atom. The molecule has 0 atom stereocenters. The lowest BCUT2D eigenvalue weighted by atomic mass is 10.1. The summed E-state index contributed by atoms with van der Waals surface area (Å²) in [5.74, 6) is -0.0303. The molecule has 86 valence electrons. The molecule has 0 aliphatic carbocycles. The van der Waals surface area contributed by atoms with Gasteiger partial charge in [-0.05, 0) is 29.3 Å². The minimum Gasteiger partial charge on any atom is -0.399 e. The van der Waals surface area contributed by atoms with Gasteiger partial charge in [0.05, 0.1) is 0 Å². The van der Waals surface area contributed by atoms with Gasteiger partial charge in [0.2, 0.25) is 0 Å². The lowest BCUT2D eigenvalue weighted by molar-refractivity contribution is 0.0745. The number of aromatic nitrogens is 2. The Hall–Kier alpha value is -2.30. The summed E-state index contributed by atoms with van der Waals surface area (Å²) in [5, 5.41) is 6.47. The molecule has 2 aromatic rings. The van der Waals surface area contributed by atoms with Crippen molar-refractivity contribution in [2.24, 2.45) is 0 Å². The molecule has 0 saturated carbocycles. The Morgan fingerprint density at radius 1 is 1.29 bits per heavy atom. The number of amides is 1. The number of hydrogen-bond acceptors (Lipinski definition) is 3. The van der Waals surface area contributed by atoms with Crippen LogP contribution in [0.1, 0.15) is 21.6 Å². The van der Waals surface area contributed by atoms with Crippen LogP contribution in [0.3, 0.4) is 0 Å². The van der Waals surface area contributed by atoms with Crippen LogP contribution < -0.4 is 5.73 Å². The molecule has 3 rings (SSSR count). The normalized spacial score (nSPS) is 13.8.